The largest absolute Gasteiger partial charge is 0.487 e. The molecule has 0 unspecified atom stereocenters. The lowest BCUT2D eigenvalue weighted by atomic mass is 10.2. The third-order valence-corrected chi connectivity index (χ3v) is 3.12. The van der Waals surface area contributed by atoms with E-state index in [1.54, 1.807) is 0 Å². The predicted molar refractivity (Wildman–Crippen MR) is 71.3 cm³/mol. The second-order valence-electron chi connectivity index (χ2n) is 4.78. The lowest BCUT2D eigenvalue weighted by molar-refractivity contribution is 0.0690. The summed E-state index contributed by atoms with van der Waals surface area (Å²) in [4.78, 5) is 16.4. The first-order chi connectivity index (χ1) is 9.61. The number of nitrogens with zero attached hydrogens (tertiary/aromatic N) is 2. The van der Waals surface area contributed by atoms with E-state index in [0.717, 1.165) is 17.6 Å². The van der Waals surface area contributed by atoms with E-state index >= 15 is 0 Å². The lowest BCUT2D eigenvalue weighted by Crippen LogP contribution is -2.54. The molecule has 104 valence electrons. The Balaban J connectivity index is 1.57. The summed E-state index contributed by atoms with van der Waals surface area (Å²) in [7, 11) is 0. The van der Waals surface area contributed by atoms with E-state index in [-0.39, 0.29) is 11.8 Å². The third-order valence-electron chi connectivity index (χ3n) is 3.12. The van der Waals surface area contributed by atoms with Gasteiger partial charge in [-0.1, -0.05) is 12.1 Å². The Bertz CT molecular complexity index is 632. The Kier molecular flexibility index (Phi) is 3.06. The van der Waals surface area contributed by atoms with Crippen molar-refractivity contribution in [1.29, 1.82) is 0 Å². The van der Waals surface area contributed by atoms with Crippen LogP contribution in [0.3, 0.4) is 0 Å². The van der Waals surface area contributed by atoms with Crippen LogP contribution in [-0.2, 0) is 0 Å². The maximum atomic E-state index is 10.7. The number of carbonyl (C=O) groups is 1. The molecule has 0 saturated carbocycles. The zero-order chi connectivity index (χ0) is 14.1. The van der Waals surface area contributed by atoms with Gasteiger partial charge in [0.05, 0.1) is 13.1 Å². The van der Waals surface area contributed by atoms with Crippen molar-refractivity contribution in [1.82, 2.24) is 4.98 Å². The quantitative estimate of drug-likeness (QED) is 0.918. The number of carboxylic acid groups (broad SMARTS) is 1. The number of benzene rings is 1. The molecule has 0 atom stereocenters. The van der Waals surface area contributed by atoms with Crippen LogP contribution < -0.4 is 9.64 Å². The summed E-state index contributed by atoms with van der Waals surface area (Å²) >= 11 is 0. The molecule has 1 aliphatic heterocycles. The highest BCUT2D eigenvalue weighted by atomic mass is 16.5. The minimum absolute atomic E-state index is 0.0666. The van der Waals surface area contributed by atoms with Crippen LogP contribution in [0.25, 0.3) is 0 Å². The highest BCUT2D eigenvalue weighted by molar-refractivity contribution is 5.85. The average Bonchev–Trinajstić information content (AvgIpc) is 2.82. The molecule has 2 aromatic rings. The fourth-order valence-electron chi connectivity index (χ4n) is 2.06. The van der Waals surface area contributed by atoms with Crippen LogP contribution in [0, 0.1) is 6.92 Å². The van der Waals surface area contributed by atoms with Crippen LogP contribution in [0.2, 0.25) is 0 Å². The molecular weight excluding hydrogens is 260 g/mol. The zero-order valence-corrected chi connectivity index (χ0v) is 10.9. The van der Waals surface area contributed by atoms with Crippen molar-refractivity contribution >= 4 is 12.0 Å². The Hall–Kier alpha value is -2.50. The van der Waals surface area contributed by atoms with Gasteiger partial charge in [-0.15, -0.1) is 0 Å². The maximum absolute atomic E-state index is 10.7. The monoisotopic (exact) mass is 274 g/mol. The van der Waals surface area contributed by atoms with Crippen LogP contribution in [-0.4, -0.2) is 35.3 Å². The SMILES string of the molecule is Cc1cccc(OC2CN(c3nc(C(=O)O)co3)C2)c1. The Labute approximate surface area is 115 Å². The zero-order valence-electron chi connectivity index (χ0n) is 10.9. The van der Waals surface area contributed by atoms with Crippen molar-refractivity contribution < 1.29 is 19.1 Å². The van der Waals surface area contributed by atoms with Gasteiger partial charge in [-0.2, -0.15) is 4.98 Å². The minimum atomic E-state index is -1.09. The van der Waals surface area contributed by atoms with E-state index in [1.165, 1.54) is 0 Å². The van der Waals surface area contributed by atoms with Gasteiger partial charge in [0.2, 0.25) is 0 Å². The standard InChI is InChI=1S/C14H14N2O4/c1-9-3-2-4-10(5-9)20-11-6-16(7-11)14-15-12(8-19-14)13(17)18/h2-5,8,11H,6-7H2,1H3,(H,17,18). The molecule has 6 nitrogen and oxygen atoms in total. The van der Waals surface area contributed by atoms with Crippen LogP contribution in [0.5, 0.6) is 5.75 Å². The maximum Gasteiger partial charge on any atom is 0.357 e. The summed E-state index contributed by atoms with van der Waals surface area (Å²) in [5.74, 6) is -0.249. The molecular formula is C14H14N2O4. The molecule has 1 N–H and O–H groups in total. The normalized spacial score (nSPS) is 14.9. The van der Waals surface area contributed by atoms with Crippen LogP contribution >= 0.6 is 0 Å². The molecule has 1 saturated heterocycles. The van der Waals surface area contributed by atoms with E-state index in [1.807, 2.05) is 36.1 Å². The Morgan fingerprint density at radius 3 is 2.95 bits per heavy atom. The molecule has 0 amide bonds. The van der Waals surface area contributed by atoms with Gasteiger partial charge < -0.3 is 19.2 Å². The molecule has 0 bridgehead atoms. The molecule has 3 rings (SSSR count). The van der Waals surface area contributed by atoms with Crippen molar-refractivity contribution in [2.75, 3.05) is 18.0 Å². The number of oxazole rings is 1. The summed E-state index contributed by atoms with van der Waals surface area (Å²) in [6.45, 7) is 3.28. The number of ether oxygens (including phenoxy) is 1. The van der Waals surface area contributed by atoms with Crippen LogP contribution in [0.1, 0.15) is 16.1 Å². The highest BCUT2D eigenvalue weighted by Gasteiger charge is 2.32. The van der Waals surface area contributed by atoms with E-state index in [4.69, 9.17) is 14.3 Å². The smallest absolute Gasteiger partial charge is 0.357 e. The first-order valence-corrected chi connectivity index (χ1v) is 6.29. The van der Waals surface area contributed by atoms with Gasteiger partial charge >= 0.3 is 5.97 Å². The summed E-state index contributed by atoms with van der Waals surface area (Å²) in [5.41, 5.74) is 1.07. The fraction of sp³-hybridized carbons (Fsp3) is 0.286. The molecule has 1 fully saturated rings. The highest BCUT2D eigenvalue weighted by Crippen LogP contribution is 2.24. The van der Waals surface area contributed by atoms with Crippen LogP contribution in [0.4, 0.5) is 6.01 Å². The van der Waals surface area contributed by atoms with E-state index < -0.39 is 5.97 Å². The molecule has 1 aromatic carbocycles. The number of aromatic carboxylic acids is 1. The van der Waals surface area contributed by atoms with Gasteiger partial charge in [0.15, 0.2) is 5.69 Å². The number of anilines is 1. The van der Waals surface area contributed by atoms with Gasteiger partial charge in [0.25, 0.3) is 6.01 Å². The topological polar surface area (TPSA) is 75.8 Å². The summed E-state index contributed by atoms with van der Waals surface area (Å²) in [6.07, 6.45) is 1.21. The number of hydrogen-bond donors (Lipinski definition) is 1. The molecule has 1 aromatic heterocycles. The summed E-state index contributed by atoms with van der Waals surface area (Å²) < 4.78 is 10.9. The molecule has 2 heterocycles. The van der Waals surface area contributed by atoms with E-state index in [9.17, 15) is 4.79 Å². The van der Waals surface area contributed by atoms with Crippen LogP contribution in [0.15, 0.2) is 34.9 Å². The van der Waals surface area contributed by atoms with Crippen molar-refractivity contribution in [3.05, 3.63) is 41.8 Å². The average molecular weight is 274 g/mol. The van der Waals surface area contributed by atoms with Gasteiger partial charge in [-0.25, -0.2) is 4.79 Å². The first-order valence-electron chi connectivity index (χ1n) is 6.29. The number of rotatable bonds is 4. The Morgan fingerprint density at radius 1 is 1.50 bits per heavy atom. The van der Waals surface area contributed by atoms with Gasteiger partial charge in [-0.3, -0.25) is 0 Å². The second-order valence-corrected chi connectivity index (χ2v) is 4.78. The van der Waals surface area contributed by atoms with Crippen molar-refractivity contribution in [2.24, 2.45) is 0 Å². The van der Waals surface area contributed by atoms with E-state index in [0.29, 0.717) is 19.1 Å². The lowest BCUT2D eigenvalue weighted by Gasteiger charge is -2.37. The summed E-state index contributed by atoms with van der Waals surface area (Å²) in [5, 5.41) is 8.78. The van der Waals surface area contributed by atoms with Gasteiger partial charge in [0.1, 0.15) is 18.1 Å². The Morgan fingerprint density at radius 2 is 2.30 bits per heavy atom. The number of aryl methyl sites for hydroxylation is 1. The molecule has 0 spiro atoms. The molecule has 0 aliphatic carbocycles. The number of aromatic nitrogens is 1. The van der Waals surface area contributed by atoms with Crippen molar-refractivity contribution in [2.45, 2.75) is 13.0 Å². The van der Waals surface area contributed by atoms with Crippen molar-refractivity contribution in [3.63, 3.8) is 0 Å². The van der Waals surface area contributed by atoms with Gasteiger partial charge in [-0.05, 0) is 24.6 Å². The molecule has 0 radical (unpaired) electrons. The molecule has 6 heteroatoms. The number of hydrogen-bond acceptors (Lipinski definition) is 5. The van der Waals surface area contributed by atoms with Crippen molar-refractivity contribution in [3.8, 4) is 5.75 Å². The minimum Gasteiger partial charge on any atom is -0.487 e. The van der Waals surface area contributed by atoms with Gasteiger partial charge in [0, 0.05) is 0 Å². The summed E-state index contributed by atoms with van der Waals surface area (Å²) in [6, 6.07) is 8.19. The predicted octanol–water partition coefficient (Wildman–Crippen LogP) is 1.95. The fourth-order valence-corrected chi connectivity index (χ4v) is 2.06. The first kappa shape index (κ1) is 12.5. The molecule has 20 heavy (non-hydrogen) atoms. The van der Waals surface area contributed by atoms with E-state index in [2.05, 4.69) is 4.98 Å². The number of carboxylic acids is 1. The second kappa shape index (κ2) is 4.88. The molecule has 1 aliphatic rings. The third kappa shape index (κ3) is 2.45.